The van der Waals surface area contributed by atoms with Crippen LogP contribution in [0.1, 0.15) is 12.0 Å². The van der Waals surface area contributed by atoms with Gasteiger partial charge >= 0.3 is 0 Å². The van der Waals surface area contributed by atoms with Crippen LogP contribution in [0.25, 0.3) is 17.0 Å². The zero-order chi connectivity index (χ0) is 13.9. The number of carbonyl (C=O) groups is 1. The molecule has 20 heavy (non-hydrogen) atoms. The molecule has 1 N–H and O–H groups in total. The summed E-state index contributed by atoms with van der Waals surface area (Å²) in [7, 11) is 0. The smallest absolute Gasteiger partial charge is 0.246 e. The van der Waals surface area contributed by atoms with Gasteiger partial charge in [0.05, 0.1) is 11.6 Å². The molecule has 1 fully saturated rings. The molecule has 0 aliphatic carbocycles. The first-order valence-electron chi connectivity index (χ1n) is 6.73. The summed E-state index contributed by atoms with van der Waals surface area (Å²) in [5, 5.41) is 10.5. The van der Waals surface area contributed by atoms with Crippen LogP contribution in [0.4, 0.5) is 0 Å². The third kappa shape index (κ3) is 2.56. The van der Waals surface area contributed by atoms with Crippen molar-refractivity contribution < 1.29 is 9.90 Å². The molecule has 1 saturated heterocycles. The van der Waals surface area contributed by atoms with Gasteiger partial charge in [-0.1, -0.05) is 24.3 Å². The second-order valence-corrected chi connectivity index (χ2v) is 4.98. The van der Waals surface area contributed by atoms with E-state index in [2.05, 4.69) is 4.98 Å². The fourth-order valence-electron chi connectivity index (χ4n) is 2.47. The van der Waals surface area contributed by atoms with Gasteiger partial charge in [-0.25, -0.2) is 0 Å². The Balaban J connectivity index is 1.82. The topological polar surface area (TPSA) is 53.4 Å². The van der Waals surface area contributed by atoms with Gasteiger partial charge in [0.25, 0.3) is 0 Å². The molecule has 0 unspecified atom stereocenters. The molecule has 1 amide bonds. The summed E-state index contributed by atoms with van der Waals surface area (Å²) in [6.45, 7) is 1.05. The molecular weight excluding hydrogens is 252 g/mol. The van der Waals surface area contributed by atoms with Crippen LogP contribution in [0, 0.1) is 0 Å². The number of amides is 1. The number of rotatable bonds is 2. The Morgan fingerprint density at radius 3 is 3.00 bits per heavy atom. The molecule has 2 aromatic rings. The molecule has 2 heterocycles. The maximum absolute atomic E-state index is 12.0. The predicted molar refractivity (Wildman–Crippen MR) is 78.0 cm³/mol. The number of hydrogen-bond acceptors (Lipinski definition) is 3. The number of para-hydroxylation sites is 1. The number of likely N-dealkylation sites (tertiary alicyclic amines) is 1. The fraction of sp³-hybridized carbons (Fsp3) is 0.250. The minimum Gasteiger partial charge on any atom is -0.391 e. The number of fused-ring (bicyclic) bond motifs is 1. The Morgan fingerprint density at radius 1 is 1.35 bits per heavy atom. The van der Waals surface area contributed by atoms with E-state index < -0.39 is 0 Å². The van der Waals surface area contributed by atoms with Crippen LogP contribution in [0.15, 0.2) is 42.6 Å². The first-order chi connectivity index (χ1) is 9.74. The van der Waals surface area contributed by atoms with E-state index in [9.17, 15) is 9.90 Å². The van der Waals surface area contributed by atoms with Crippen molar-refractivity contribution in [1.82, 2.24) is 9.88 Å². The molecule has 4 nitrogen and oxygen atoms in total. The summed E-state index contributed by atoms with van der Waals surface area (Å²) in [5.41, 5.74) is 1.82. The largest absolute Gasteiger partial charge is 0.391 e. The van der Waals surface area contributed by atoms with Crippen LogP contribution in [0.2, 0.25) is 0 Å². The van der Waals surface area contributed by atoms with E-state index in [0.29, 0.717) is 19.5 Å². The number of aliphatic hydroxyl groups excluding tert-OH is 1. The number of carbonyl (C=O) groups excluding carboxylic acids is 1. The molecule has 1 aliphatic heterocycles. The maximum Gasteiger partial charge on any atom is 0.246 e. The third-order valence-corrected chi connectivity index (χ3v) is 3.54. The van der Waals surface area contributed by atoms with Crippen LogP contribution in [0.3, 0.4) is 0 Å². The molecule has 0 spiro atoms. The summed E-state index contributed by atoms with van der Waals surface area (Å²) >= 11 is 0. The zero-order valence-electron chi connectivity index (χ0n) is 11.1. The van der Waals surface area contributed by atoms with E-state index in [4.69, 9.17) is 0 Å². The van der Waals surface area contributed by atoms with E-state index in [1.807, 2.05) is 30.3 Å². The van der Waals surface area contributed by atoms with Crippen LogP contribution in [-0.4, -0.2) is 40.1 Å². The lowest BCUT2D eigenvalue weighted by atomic mass is 10.1. The average molecular weight is 268 g/mol. The number of pyridine rings is 1. The van der Waals surface area contributed by atoms with Crippen molar-refractivity contribution in [2.45, 2.75) is 12.5 Å². The fourth-order valence-corrected chi connectivity index (χ4v) is 2.47. The van der Waals surface area contributed by atoms with Gasteiger partial charge < -0.3 is 10.0 Å². The molecule has 1 aromatic heterocycles. The van der Waals surface area contributed by atoms with Crippen LogP contribution >= 0.6 is 0 Å². The average Bonchev–Trinajstić information content (AvgIpc) is 2.91. The van der Waals surface area contributed by atoms with Crippen molar-refractivity contribution >= 4 is 22.9 Å². The predicted octanol–water partition coefficient (Wildman–Crippen LogP) is 1.84. The van der Waals surface area contributed by atoms with Gasteiger partial charge in [-0.3, -0.25) is 9.78 Å². The van der Waals surface area contributed by atoms with Crippen LogP contribution in [0.5, 0.6) is 0 Å². The Bertz CT molecular complexity index is 661. The van der Waals surface area contributed by atoms with E-state index in [-0.39, 0.29) is 12.0 Å². The lowest BCUT2D eigenvalue weighted by Crippen LogP contribution is -2.27. The first kappa shape index (κ1) is 12.8. The summed E-state index contributed by atoms with van der Waals surface area (Å²) < 4.78 is 0. The third-order valence-electron chi connectivity index (χ3n) is 3.54. The molecule has 1 aliphatic rings. The van der Waals surface area contributed by atoms with Crippen molar-refractivity contribution in [3.8, 4) is 0 Å². The highest BCUT2D eigenvalue weighted by atomic mass is 16.3. The Kier molecular flexibility index (Phi) is 3.48. The quantitative estimate of drug-likeness (QED) is 0.846. The van der Waals surface area contributed by atoms with Gasteiger partial charge in [0.15, 0.2) is 0 Å². The normalized spacial score (nSPS) is 19.1. The summed E-state index contributed by atoms with van der Waals surface area (Å²) in [5.74, 6) is -0.0607. The zero-order valence-corrected chi connectivity index (χ0v) is 11.1. The standard InChI is InChI=1S/C16H16N2O2/c19-14-8-10-18(11-14)15(20)7-6-13-4-1-3-12-5-2-9-17-16(12)13/h1-7,9,14,19H,8,10-11H2/b7-6+/t14-/m1/s1. The molecule has 1 aromatic carbocycles. The highest BCUT2D eigenvalue weighted by Gasteiger charge is 2.22. The second-order valence-electron chi connectivity index (χ2n) is 4.98. The highest BCUT2D eigenvalue weighted by Crippen LogP contribution is 2.17. The Morgan fingerprint density at radius 2 is 2.20 bits per heavy atom. The monoisotopic (exact) mass is 268 g/mol. The first-order valence-corrected chi connectivity index (χ1v) is 6.73. The van der Waals surface area contributed by atoms with Crippen molar-refractivity contribution in [2.24, 2.45) is 0 Å². The van der Waals surface area contributed by atoms with Gasteiger partial charge in [0.1, 0.15) is 0 Å². The van der Waals surface area contributed by atoms with E-state index >= 15 is 0 Å². The summed E-state index contributed by atoms with van der Waals surface area (Å²) in [6.07, 6.45) is 5.38. The lowest BCUT2D eigenvalue weighted by molar-refractivity contribution is -0.125. The second kappa shape index (κ2) is 5.43. The van der Waals surface area contributed by atoms with Crippen molar-refractivity contribution in [2.75, 3.05) is 13.1 Å². The Hall–Kier alpha value is -2.20. The SMILES string of the molecule is O=C(/C=C/c1cccc2cccnc12)N1CC[C@@H](O)C1. The van der Waals surface area contributed by atoms with E-state index in [0.717, 1.165) is 16.5 Å². The van der Waals surface area contributed by atoms with Crippen LogP contribution in [-0.2, 0) is 4.79 Å². The van der Waals surface area contributed by atoms with Gasteiger partial charge in [-0.2, -0.15) is 0 Å². The summed E-state index contributed by atoms with van der Waals surface area (Å²) in [6, 6.07) is 9.79. The molecule has 3 rings (SSSR count). The molecule has 4 heteroatoms. The number of β-amino-alcohol motifs (C(OH)–C–C–N with tert-alkyl or cyclic N) is 1. The Labute approximate surface area is 117 Å². The molecule has 0 radical (unpaired) electrons. The summed E-state index contributed by atoms with van der Waals surface area (Å²) in [4.78, 5) is 18.0. The number of aromatic nitrogens is 1. The van der Waals surface area contributed by atoms with Crippen molar-refractivity contribution in [3.05, 3.63) is 48.2 Å². The lowest BCUT2D eigenvalue weighted by Gasteiger charge is -2.12. The number of nitrogens with zero attached hydrogens (tertiary/aromatic N) is 2. The van der Waals surface area contributed by atoms with E-state index in [1.165, 1.54) is 0 Å². The molecular formula is C16H16N2O2. The maximum atomic E-state index is 12.0. The number of aliphatic hydroxyl groups is 1. The van der Waals surface area contributed by atoms with Crippen molar-refractivity contribution in [3.63, 3.8) is 0 Å². The molecule has 0 bridgehead atoms. The van der Waals surface area contributed by atoms with Gasteiger partial charge in [0, 0.05) is 36.3 Å². The van der Waals surface area contributed by atoms with Gasteiger partial charge in [-0.05, 0) is 18.6 Å². The molecule has 1 atom stereocenters. The van der Waals surface area contributed by atoms with E-state index in [1.54, 1.807) is 23.2 Å². The minimum absolute atomic E-state index is 0.0607. The highest BCUT2D eigenvalue weighted by molar-refractivity contribution is 5.95. The minimum atomic E-state index is -0.383. The number of benzene rings is 1. The van der Waals surface area contributed by atoms with Crippen molar-refractivity contribution in [1.29, 1.82) is 0 Å². The number of hydrogen-bond donors (Lipinski definition) is 1. The molecule has 102 valence electrons. The van der Waals surface area contributed by atoms with Gasteiger partial charge in [0.2, 0.25) is 5.91 Å². The van der Waals surface area contributed by atoms with Gasteiger partial charge in [-0.15, -0.1) is 0 Å². The molecule has 0 saturated carbocycles. The van der Waals surface area contributed by atoms with Crippen LogP contribution < -0.4 is 0 Å².